The van der Waals surface area contributed by atoms with Gasteiger partial charge in [-0.05, 0) is 96.3 Å². The Balaban J connectivity index is 3.86. The Labute approximate surface area is 646 Å². The third kappa shape index (κ3) is 87.8. The lowest BCUT2D eigenvalue weighted by atomic mass is 10.0. The van der Waals surface area contributed by atoms with E-state index in [2.05, 4.69) is 111 Å². The molecule has 9 nitrogen and oxygen atoms in total. The molecule has 0 rings (SSSR count). The summed E-state index contributed by atoms with van der Waals surface area (Å²) in [5.41, 5.74) is 0. The Morgan fingerprint density at radius 1 is 0.308 bits per heavy atom. The van der Waals surface area contributed by atoms with Gasteiger partial charge in [-0.15, -0.1) is 0 Å². The van der Waals surface area contributed by atoms with Crippen LogP contribution in [-0.2, 0) is 32.7 Å². The monoisotopic (exact) mass is 1480 g/mol. The second-order valence-corrected chi connectivity index (χ2v) is 33.1. The summed E-state index contributed by atoms with van der Waals surface area (Å²) in [6, 6.07) is 0. The summed E-state index contributed by atoms with van der Waals surface area (Å²) in [5.74, 6) is -0.775. The Hall–Kier alpha value is -3.07. The number of carbonyl (C=O) groups is 2. The number of phosphoric acid groups is 1. The first-order valence-electron chi connectivity index (χ1n) is 45.0. The molecule has 0 fully saturated rings. The summed E-state index contributed by atoms with van der Waals surface area (Å²) in [5, 5.41) is 0. The smallest absolute Gasteiger partial charge is 0.462 e. The van der Waals surface area contributed by atoms with Crippen LogP contribution in [0, 0.1) is 0 Å². The van der Waals surface area contributed by atoms with Crippen molar-refractivity contribution in [3.8, 4) is 0 Å². The number of carbonyl (C=O) groups excluding carboxylic acids is 2. The highest BCUT2D eigenvalue weighted by molar-refractivity contribution is 7.47. The van der Waals surface area contributed by atoms with Gasteiger partial charge in [-0.25, -0.2) is 4.57 Å². The average molecular weight is 1480 g/mol. The first-order chi connectivity index (χ1) is 51.0. The second kappa shape index (κ2) is 84.0. The molecular formula is C94H173NO8P+. The van der Waals surface area contributed by atoms with Crippen LogP contribution in [0.15, 0.2) is 97.2 Å². The predicted molar refractivity (Wildman–Crippen MR) is 455 cm³/mol. The van der Waals surface area contributed by atoms with E-state index in [4.69, 9.17) is 18.5 Å². The molecule has 0 spiro atoms. The van der Waals surface area contributed by atoms with E-state index < -0.39 is 26.5 Å². The van der Waals surface area contributed by atoms with E-state index in [9.17, 15) is 19.0 Å². The lowest BCUT2D eigenvalue weighted by Crippen LogP contribution is -2.37. The fourth-order valence-corrected chi connectivity index (χ4v) is 14.0. The maximum Gasteiger partial charge on any atom is 0.472 e. The first kappa shape index (κ1) is 101. The summed E-state index contributed by atoms with van der Waals surface area (Å²) in [6.07, 6.45) is 119. The van der Waals surface area contributed by atoms with Crippen molar-refractivity contribution in [1.29, 1.82) is 0 Å². The fraction of sp³-hybridized carbons (Fsp3) is 0.809. The van der Waals surface area contributed by atoms with Crippen LogP contribution in [0.5, 0.6) is 0 Å². The number of likely N-dealkylation sites (N-methyl/N-ethyl adjacent to an activating group) is 1. The minimum atomic E-state index is -4.40. The lowest BCUT2D eigenvalue weighted by molar-refractivity contribution is -0.870. The Kier molecular flexibility index (Phi) is 81.5. The number of nitrogens with zero attached hydrogens (tertiary/aromatic N) is 1. The van der Waals surface area contributed by atoms with E-state index in [0.29, 0.717) is 23.9 Å². The van der Waals surface area contributed by atoms with Gasteiger partial charge in [0, 0.05) is 12.8 Å². The van der Waals surface area contributed by atoms with E-state index >= 15 is 0 Å². The van der Waals surface area contributed by atoms with Gasteiger partial charge < -0.3 is 18.9 Å². The Morgan fingerprint density at radius 3 is 0.817 bits per heavy atom. The highest BCUT2D eigenvalue weighted by Crippen LogP contribution is 2.43. The normalized spacial score (nSPS) is 13.4. The molecule has 606 valence electrons. The molecule has 0 aliphatic rings. The van der Waals surface area contributed by atoms with Crippen molar-refractivity contribution in [3.05, 3.63) is 97.2 Å². The number of quaternary nitrogens is 1. The minimum absolute atomic E-state index is 0.0328. The molecule has 0 saturated heterocycles. The number of hydrogen-bond acceptors (Lipinski definition) is 7. The fourth-order valence-electron chi connectivity index (χ4n) is 13.3. The molecule has 0 aliphatic heterocycles. The third-order valence-electron chi connectivity index (χ3n) is 20.1. The van der Waals surface area contributed by atoms with Crippen molar-refractivity contribution in [1.82, 2.24) is 0 Å². The van der Waals surface area contributed by atoms with Crippen molar-refractivity contribution >= 4 is 19.8 Å². The van der Waals surface area contributed by atoms with Crippen molar-refractivity contribution in [2.75, 3.05) is 47.5 Å². The van der Waals surface area contributed by atoms with Gasteiger partial charge in [0.05, 0.1) is 27.7 Å². The predicted octanol–water partition coefficient (Wildman–Crippen LogP) is 30.5. The standard InChI is InChI=1S/C94H172NO8P/c1-6-8-10-12-14-16-18-20-22-24-26-28-30-32-34-36-38-40-42-44-46-47-49-50-52-54-56-58-60-62-64-66-68-70-72-74-76-78-80-82-84-86-93(96)100-90-92(91-102-104(98,99)101-89-88-95(3,4)5)103-94(97)87-85-83-81-79-77-75-73-71-69-67-65-63-61-59-57-55-53-51-48-45-43-41-39-37-35-33-31-29-27-25-23-21-19-17-15-13-11-9-7-2/h9,11,15,17-18,20-21,23-24,26-27,29,33,35,39,41,92H,6-8,10,12-14,16,19,22,25,28,30-32,34,36-38,40,42-91H2,1-5H3/p+1/b11-9-,17-15-,20-18-,23-21-,26-24-,29-27-,35-33-,41-39-. The zero-order valence-corrected chi connectivity index (χ0v) is 70.4. The van der Waals surface area contributed by atoms with E-state index in [1.54, 1.807) is 0 Å². The molecule has 0 aliphatic carbocycles. The largest absolute Gasteiger partial charge is 0.472 e. The molecule has 0 aromatic rings. The van der Waals surface area contributed by atoms with E-state index in [0.717, 1.165) is 77.0 Å². The number of allylic oxidation sites excluding steroid dienone is 16. The molecule has 10 heteroatoms. The lowest BCUT2D eigenvalue weighted by Gasteiger charge is -2.24. The van der Waals surface area contributed by atoms with Crippen LogP contribution in [0.4, 0.5) is 0 Å². The highest BCUT2D eigenvalue weighted by Gasteiger charge is 2.27. The molecule has 2 unspecified atom stereocenters. The Bertz CT molecular complexity index is 2080. The van der Waals surface area contributed by atoms with E-state index in [1.165, 1.54) is 327 Å². The first-order valence-corrected chi connectivity index (χ1v) is 46.5. The van der Waals surface area contributed by atoms with Crippen LogP contribution in [0.2, 0.25) is 0 Å². The van der Waals surface area contributed by atoms with Crippen LogP contribution < -0.4 is 0 Å². The number of hydrogen-bond donors (Lipinski definition) is 1. The maximum atomic E-state index is 13.0. The van der Waals surface area contributed by atoms with Crippen LogP contribution in [-0.4, -0.2) is 74.9 Å². The van der Waals surface area contributed by atoms with Gasteiger partial charge in [-0.3, -0.25) is 18.6 Å². The highest BCUT2D eigenvalue weighted by atomic mass is 31.2. The zero-order chi connectivity index (χ0) is 75.4. The van der Waals surface area contributed by atoms with Gasteiger partial charge in [0.2, 0.25) is 0 Å². The number of esters is 2. The van der Waals surface area contributed by atoms with Gasteiger partial charge in [0.25, 0.3) is 0 Å². The summed E-state index contributed by atoms with van der Waals surface area (Å²) >= 11 is 0. The van der Waals surface area contributed by atoms with Gasteiger partial charge in [-0.1, -0.05) is 426 Å². The van der Waals surface area contributed by atoms with Gasteiger partial charge in [-0.2, -0.15) is 0 Å². The van der Waals surface area contributed by atoms with E-state index in [1.807, 2.05) is 21.1 Å². The van der Waals surface area contributed by atoms with Crippen LogP contribution in [0.25, 0.3) is 0 Å². The van der Waals surface area contributed by atoms with Gasteiger partial charge in [0.15, 0.2) is 6.10 Å². The number of unbranched alkanes of at least 4 members (excludes halogenated alkanes) is 54. The number of rotatable bonds is 84. The molecule has 0 aromatic heterocycles. The van der Waals surface area contributed by atoms with Gasteiger partial charge >= 0.3 is 19.8 Å². The topological polar surface area (TPSA) is 108 Å². The summed E-state index contributed by atoms with van der Waals surface area (Å²) in [7, 11) is 1.50. The second-order valence-electron chi connectivity index (χ2n) is 31.6. The molecule has 104 heavy (non-hydrogen) atoms. The SMILES string of the molecule is CC/C=C\C/C=C\C/C=C\C/C=C\C/C=C\C/C=C\CCCCCCCCCCCCCCCCCCCCCCC(=O)OC(COC(=O)CCCCCCCCCCCCCCCCCCCCCCCCCCCCCCC/C=C\C/C=C\CCCCCCC)COP(=O)(O)OCC[N+](C)(C)C. The summed E-state index contributed by atoms with van der Waals surface area (Å²) < 4.78 is 34.9. The average Bonchev–Trinajstić information content (AvgIpc) is 0.915. The van der Waals surface area contributed by atoms with Crippen molar-refractivity contribution in [3.63, 3.8) is 0 Å². The molecule has 2 atom stereocenters. The molecule has 1 N–H and O–H groups in total. The van der Waals surface area contributed by atoms with Crippen LogP contribution >= 0.6 is 7.82 Å². The summed E-state index contributed by atoms with van der Waals surface area (Å²) in [4.78, 5) is 36.1. The minimum Gasteiger partial charge on any atom is -0.462 e. The molecule has 0 heterocycles. The molecule has 0 saturated carbocycles. The quantitative estimate of drug-likeness (QED) is 0.0211. The number of ether oxygens (including phenoxy) is 2. The molecule has 0 aromatic carbocycles. The molecule has 0 bridgehead atoms. The van der Waals surface area contributed by atoms with Crippen LogP contribution in [0.3, 0.4) is 0 Å². The molecular weight excluding hydrogens is 1300 g/mol. The summed E-state index contributed by atoms with van der Waals surface area (Å²) in [6.45, 7) is 4.38. The molecule has 0 amide bonds. The van der Waals surface area contributed by atoms with Crippen molar-refractivity contribution in [2.45, 2.75) is 444 Å². The maximum absolute atomic E-state index is 13.0. The van der Waals surface area contributed by atoms with Crippen LogP contribution in [0.1, 0.15) is 438 Å². The van der Waals surface area contributed by atoms with Gasteiger partial charge in [0.1, 0.15) is 19.8 Å². The van der Waals surface area contributed by atoms with Crippen molar-refractivity contribution < 1.29 is 42.1 Å². The third-order valence-corrected chi connectivity index (χ3v) is 21.1. The molecule has 0 radical (unpaired) electrons. The van der Waals surface area contributed by atoms with Crippen molar-refractivity contribution in [2.24, 2.45) is 0 Å². The zero-order valence-electron chi connectivity index (χ0n) is 69.5. The Morgan fingerprint density at radius 2 is 0.548 bits per heavy atom. The van der Waals surface area contributed by atoms with E-state index in [-0.39, 0.29) is 25.6 Å². The number of phosphoric ester groups is 1.